The van der Waals surface area contributed by atoms with Gasteiger partial charge in [0.05, 0.1) is 6.04 Å². The van der Waals surface area contributed by atoms with Gasteiger partial charge in [0.1, 0.15) is 6.61 Å². The molecule has 0 radical (unpaired) electrons. The maximum atomic E-state index is 12.6. The first kappa shape index (κ1) is 19.0. The third-order valence-corrected chi connectivity index (χ3v) is 4.81. The lowest BCUT2D eigenvalue weighted by Crippen LogP contribution is -2.39. The third-order valence-electron chi connectivity index (χ3n) is 4.81. The Morgan fingerprint density at radius 2 is 1.86 bits per heavy atom. The molecule has 0 bridgehead atoms. The molecular formula is C22H23N3O4. The molecule has 4 rings (SSSR count). The van der Waals surface area contributed by atoms with Crippen LogP contribution < -0.4 is 14.8 Å². The summed E-state index contributed by atoms with van der Waals surface area (Å²) in [4.78, 5) is 17.1. The van der Waals surface area contributed by atoms with Gasteiger partial charge in [-0.3, -0.25) is 4.79 Å². The summed E-state index contributed by atoms with van der Waals surface area (Å²) in [6.45, 7) is 4.14. The summed E-state index contributed by atoms with van der Waals surface area (Å²) in [5, 5.41) is 7.12. The molecule has 1 aromatic heterocycles. The number of carbonyl (C=O) groups is 1. The van der Waals surface area contributed by atoms with Gasteiger partial charge in [-0.25, -0.2) is 0 Å². The molecule has 0 saturated heterocycles. The highest BCUT2D eigenvalue weighted by molar-refractivity contribution is 5.94. The van der Waals surface area contributed by atoms with E-state index in [1.54, 1.807) is 12.1 Å². The molecule has 0 spiro atoms. The van der Waals surface area contributed by atoms with Crippen LogP contribution in [0, 0.1) is 0 Å². The number of rotatable bonds is 6. The Balaban J connectivity index is 1.54. The van der Waals surface area contributed by atoms with Gasteiger partial charge in [0.2, 0.25) is 5.60 Å². The second-order valence-corrected chi connectivity index (χ2v) is 7.21. The molecule has 1 amide bonds. The molecule has 150 valence electrons. The lowest BCUT2D eigenvalue weighted by atomic mass is 10.1. The molecule has 7 nitrogen and oxygen atoms in total. The largest absolute Gasteiger partial charge is 0.485 e. The minimum Gasteiger partial charge on any atom is -0.485 e. The van der Waals surface area contributed by atoms with Crippen LogP contribution in [0.25, 0.3) is 0 Å². The lowest BCUT2D eigenvalue weighted by molar-refractivity contribution is -0.0213. The zero-order chi connectivity index (χ0) is 20.3. The highest BCUT2D eigenvalue weighted by Gasteiger charge is 2.41. The summed E-state index contributed by atoms with van der Waals surface area (Å²) in [6, 6.07) is 16.2. The first-order valence-corrected chi connectivity index (χ1v) is 9.70. The molecular weight excluding hydrogens is 370 g/mol. The van der Waals surface area contributed by atoms with Crippen molar-refractivity contribution < 1.29 is 18.8 Å². The van der Waals surface area contributed by atoms with Gasteiger partial charge in [-0.05, 0) is 37.6 Å². The molecule has 2 aromatic carbocycles. The maximum absolute atomic E-state index is 12.6. The summed E-state index contributed by atoms with van der Waals surface area (Å²) in [5.41, 5.74) is -0.315. The number of amides is 1. The van der Waals surface area contributed by atoms with Crippen molar-refractivity contribution in [2.24, 2.45) is 0 Å². The Labute approximate surface area is 169 Å². The number of para-hydroxylation sites is 2. The normalized spacial score (nSPS) is 18.8. The Hall–Kier alpha value is -3.35. The van der Waals surface area contributed by atoms with E-state index in [1.807, 2.05) is 56.3 Å². The zero-order valence-corrected chi connectivity index (χ0v) is 16.4. The van der Waals surface area contributed by atoms with E-state index in [0.717, 1.165) is 6.42 Å². The minimum atomic E-state index is -0.903. The zero-order valence-electron chi connectivity index (χ0n) is 16.4. The fourth-order valence-corrected chi connectivity index (χ4v) is 3.22. The van der Waals surface area contributed by atoms with Crippen LogP contribution in [0.2, 0.25) is 0 Å². The van der Waals surface area contributed by atoms with E-state index in [9.17, 15) is 4.79 Å². The number of nitrogens with zero attached hydrogens (tertiary/aromatic N) is 2. The fourth-order valence-electron chi connectivity index (χ4n) is 3.22. The number of ether oxygens (including phenoxy) is 2. The number of benzene rings is 2. The van der Waals surface area contributed by atoms with Gasteiger partial charge >= 0.3 is 0 Å². The maximum Gasteiger partial charge on any atom is 0.274 e. The first-order chi connectivity index (χ1) is 14.1. The topological polar surface area (TPSA) is 86.5 Å². The van der Waals surface area contributed by atoms with Crippen LogP contribution in [-0.4, -0.2) is 22.7 Å². The lowest BCUT2D eigenvalue weighted by Gasteiger charge is -2.32. The average Bonchev–Trinajstić information content (AvgIpc) is 3.25. The molecule has 0 saturated carbocycles. The number of carbonyl (C=O) groups excluding carboxylic acids is 1. The molecule has 3 aromatic rings. The van der Waals surface area contributed by atoms with Crippen LogP contribution in [0.15, 0.2) is 59.1 Å². The molecule has 0 aliphatic carbocycles. The van der Waals surface area contributed by atoms with E-state index in [-0.39, 0.29) is 18.6 Å². The quantitative estimate of drug-likeness (QED) is 0.680. The smallest absolute Gasteiger partial charge is 0.274 e. The number of fused-ring (bicyclic) bond motifs is 1. The highest BCUT2D eigenvalue weighted by atomic mass is 16.6. The monoisotopic (exact) mass is 393 g/mol. The van der Waals surface area contributed by atoms with Crippen LogP contribution in [0.3, 0.4) is 0 Å². The van der Waals surface area contributed by atoms with Crippen LogP contribution in [0.1, 0.15) is 54.8 Å². The predicted octanol–water partition coefficient (Wildman–Crippen LogP) is 4.03. The van der Waals surface area contributed by atoms with Gasteiger partial charge in [-0.1, -0.05) is 48.8 Å². The molecule has 7 heteroatoms. The summed E-state index contributed by atoms with van der Waals surface area (Å²) in [5.74, 6) is 1.88. The van der Waals surface area contributed by atoms with E-state index < -0.39 is 5.60 Å². The van der Waals surface area contributed by atoms with Crippen LogP contribution in [0.5, 0.6) is 11.5 Å². The van der Waals surface area contributed by atoms with E-state index >= 15 is 0 Å². The standard InChI is InChI=1S/C22H23N3O4/c1-3-9-16(23-20(26)15-10-5-4-6-11-15)19-24-21(29-25-19)22(2)14-27-17-12-7-8-13-18(17)28-22/h4-8,10-13,16H,3,9,14H2,1-2H3,(H,23,26). The molecule has 29 heavy (non-hydrogen) atoms. The predicted molar refractivity (Wildman–Crippen MR) is 106 cm³/mol. The summed E-state index contributed by atoms with van der Waals surface area (Å²) >= 11 is 0. The summed E-state index contributed by atoms with van der Waals surface area (Å²) in [7, 11) is 0. The van der Waals surface area contributed by atoms with E-state index in [2.05, 4.69) is 15.5 Å². The van der Waals surface area contributed by atoms with E-state index in [4.69, 9.17) is 14.0 Å². The fraction of sp³-hybridized carbons (Fsp3) is 0.318. The summed E-state index contributed by atoms with van der Waals surface area (Å²) in [6.07, 6.45) is 1.54. The van der Waals surface area contributed by atoms with Crippen molar-refractivity contribution in [3.05, 3.63) is 71.9 Å². The Morgan fingerprint density at radius 1 is 1.14 bits per heavy atom. The average molecular weight is 393 g/mol. The first-order valence-electron chi connectivity index (χ1n) is 9.70. The van der Waals surface area contributed by atoms with E-state index in [1.165, 1.54) is 0 Å². The van der Waals surface area contributed by atoms with Crippen molar-refractivity contribution >= 4 is 5.91 Å². The molecule has 2 unspecified atom stereocenters. The van der Waals surface area contributed by atoms with Crippen molar-refractivity contribution in [2.45, 2.75) is 38.3 Å². The highest BCUT2D eigenvalue weighted by Crippen LogP contribution is 2.39. The van der Waals surface area contributed by atoms with Crippen LogP contribution in [0.4, 0.5) is 0 Å². The molecule has 1 N–H and O–H groups in total. The second-order valence-electron chi connectivity index (χ2n) is 7.21. The van der Waals surface area contributed by atoms with Gasteiger partial charge in [0.25, 0.3) is 11.8 Å². The number of hydrogen-bond donors (Lipinski definition) is 1. The van der Waals surface area contributed by atoms with Gasteiger partial charge in [0.15, 0.2) is 17.3 Å². The molecule has 2 heterocycles. The molecule has 1 aliphatic heterocycles. The van der Waals surface area contributed by atoms with Crippen molar-refractivity contribution in [1.82, 2.24) is 15.5 Å². The van der Waals surface area contributed by atoms with Crippen LogP contribution >= 0.6 is 0 Å². The van der Waals surface area contributed by atoms with Crippen molar-refractivity contribution in [1.29, 1.82) is 0 Å². The van der Waals surface area contributed by atoms with Crippen molar-refractivity contribution in [2.75, 3.05) is 6.61 Å². The molecule has 2 atom stereocenters. The van der Waals surface area contributed by atoms with Crippen molar-refractivity contribution in [3.63, 3.8) is 0 Å². The third kappa shape index (κ3) is 3.94. The molecule has 1 aliphatic rings. The van der Waals surface area contributed by atoms with Gasteiger partial charge in [-0.15, -0.1) is 0 Å². The number of hydrogen-bond acceptors (Lipinski definition) is 6. The SMILES string of the molecule is CCCC(NC(=O)c1ccccc1)c1noc(C2(C)COc3ccccc3O2)n1. The Morgan fingerprint density at radius 3 is 2.62 bits per heavy atom. The second kappa shape index (κ2) is 7.95. The number of aromatic nitrogens is 2. The summed E-state index contributed by atoms with van der Waals surface area (Å²) < 4.78 is 17.4. The minimum absolute atomic E-state index is 0.173. The Kier molecular flexibility index (Phi) is 5.20. The van der Waals surface area contributed by atoms with Gasteiger partial charge < -0.3 is 19.3 Å². The van der Waals surface area contributed by atoms with E-state index in [0.29, 0.717) is 35.2 Å². The number of nitrogens with one attached hydrogen (secondary N) is 1. The van der Waals surface area contributed by atoms with Crippen LogP contribution in [-0.2, 0) is 5.60 Å². The molecule has 0 fully saturated rings. The van der Waals surface area contributed by atoms with Crippen molar-refractivity contribution in [3.8, 4) is 11.5 Å². The Bertz CT molecular complexity index is 988. The van der Waals surface area contributed by atoms with Gasteiger partial charge in [-0.2, -0.15) is 4.98 Å². The van der Waals surface area contributed by atoms with Gasteiger partial charge in [0, 0.05) is 5.56 Å².